The molecule has 0 atom stereocenters. The van der Waals surface area contributed by atoms with Crippen molar-refractivity contribution in [3.63, 3.8) is 0 Å². The van der Waals surface area contributed by atoms with Crippen LogP contribution in [-0.2, 0) is 15.0 Å². The van der Waals surface area contributed by atoms with Gasteiger partial charge in [0.1, 0.15) is 0 Å². The van der Waals surface area contributed by atoms with Gasteiger partial charge in [-0.2, -0.15) is 0 Å². The maximum Gasteiger partial charge on any atom is 0.285 e. The Balaban J connectivity index is 1.78. The summed E-state index contributed by atoms with van der Waals surface area (Å²) in [5.41, 5.74) is 0.974. The molecule has 3 rings (SSSR count). The number of nitrogens with zero attached hydrogens (tertiary/aromatic N) is 2. The molecule has 2 aromatic rings. The maximum atomic E-state index is 13.4. The lowest BCUT2D eigenvalue weighted by molar-refractivity contribution is -0.133. The Morgan fingerprint density at radius 1 is 0.967 bits per heavy atom. The summed E-state index contributed by atoms with van der Waals surface area (Å²) in [5, 5.41) is 3.00. The van der Waals surface area contributed by atoms with Crippen LogP contribution >= 0.6 is 11.8 Å². The van der Waals surface area contributed by atoms with Gasteiger partial charge in [0.15, 0.2) is 0 Å². The lowest BCUT2D eigenvalue weighted by Crippen LogP contribution is -2.50. The van der Waals surface area contributed by atoms with Crippen LogP contribution in [0.3, 0.4) is 0 Å². The van der Waals surface area contributed by atoms with E-state index < -0.39 is 5.41 Å². The molecule has 1 aliphatic heterocycles. The molecule has 158 valence electrons. The summed E-state index contributed by atoms with van der Waals surface area (Å²) in [7, 11) is 3.43. The van der Waals surface area contributed by atoms with Crippen molar-refractivity contribution in [2.24, 2.45) is 0 Å². The molecule has 1 aliphatic rings. The van der Waals surface area contributed by atoms with Gasteiger partial charge in [-0.3, -0.25) is 14.4 Å². The molecule has 0 bridgehead atoms. The van der Waals surface area contributed by atoms with E-state index in [9.17, 15) is 14.4 Å². The first kappa shape index (κ1) is 21.9. The molecule has 7 heteroatoms. The quantitative estimate of drug-likeness (QED) is 0.753. The minimum Gasteiger partial charge on any atom is -0.343 e. The number of likely N-dealkylation sites (tertiary alicyclic amines) is 1. The second kappa shape index (κ2) is 9.34. The summed E-state index contributed by atoms with van der Waals surface area (Å²) in [5.74, 6) is -0.0286. The van der Waals surface area contributed by atoms with E-state index in [4.69, 9.17) is 0 Å². The zero-order valence-corrected chi connectivity index (χ0v) is 18.4. The number of rotatable bonds is 4. The zero-order valence-electron chi connectivity index (χ0n) is 17.6. The fourth-order valence-corrected chi connectivity index (χ4v) is 4.31. The maximum absolute atomic E-state index is 13.4. The predicted octanol–water partition coefficient (Wildman–Crippen LogP) is 3.98. The number of hydrogen-bond donors (Lipinski definition) is 1. The molecule has 0 saturated carbocycles. The van der Waals surface area contributed by atoms with Crippen LogP contribution in [-0.4, -0.2) is 54.0 Å². The predicted molar refractivity (Wildman–Crippen MR) is 120 cm³/mol. The summed E-state index contributed by atoms with van der Waals surface area (Å²) >= 11 is 1.14. The minimum atomic E-state index is -0.679. The number of piperidine rings is 1. The zero-order chi connectivity index (χ0) is 21.7. The summed E-state index contributed by atoms with van der Waals surface area (Å²) in [6.07, 6.45) is 1.15. The normalized spacial score (nSPS) is 15.4. The average molecular weight is 426 g/mol. The van der Waals surface area contributed by atoms with Crippen LogP contribution < -0.4 is 5.32 Å². The van der Waals surface area contributed by atoms with E-state index in [-0.39, 0.29) is 17.1 Å². The van der Waals surface area contributed by atoms with Gasteiger partial charge in [-0.15, -0.1) is 0 Å². The highest BCUT2D eigenvalue weighted by atomic mass is 32.2. The largest absolute Gasteiger partial charge is 0.343 e. The van der Waals surface area contributed by atoms with Crippen molar-refractivity contribution in [2.45, 2.75) is 30.1 Å². The second-order valence-electron chi connectivity index (χ2n) is 7.70. The Hall–Kier alpha value is -2.80. The van der Waals surface area contributed by atoms with Gasteiger partial charge in [0.05, 0.1) is 5.41 Å². The van der Waals surface area contributed by atoms with Gasteiger partial charge >= 0.3 is 0 Å². The molecule has 30 heavy (non-hydrogen) atoms. The molecule has 2 aromatic carbocycles. The first-order valence-electron chi connectivity index (χ1n) is 9.93. The van der Waals surface area contributed by atoms with Crippen molar-refractivity contribution >= 4 is 34.5 Å². The summed E-state index contributed by atoms with van der Waals surface area (Å²) in [6, 6.07) is 17.1. The Bertz CT molecular complexity index is 905. The average Bonchev–Trinajstić information content (AvgIpc) is 2.75. The highest BCUT2D eigenvalue weighted by molar-refractivity contribution is 8.13. The van der Waals surface area contributed by atoms with E-state index in [0.717, 1.165) is 22.2 Å². The van der Waals surface area contributed by atoms with E-state index in [1.165, 1.54) is 4.90 Å². The van der Waals surface area contributed by atoms with Gasteiger partial charge in [0.2, 0.25) is 11.8 Å². The topological polar surface area (TPSA) is 69.7 Å². The fourth-order valence-electron chi connectivity index (χ4n) is 3.66. The molecule has 0 radical (unpaired) electrons. The van der Waals surface area contributed by atoms with Crippen LogP contribution in [0.2, 0.25) is 0 Å². The molecule has 0 unspecified atom stereocenters. The summed E-state index contributed by atoms with van der Waals surface area (Å²) in [4.78, 5) is 41.2. The number of nitrogens with one attached hydrogen (secondary N) is 1. The molecule has 0 aromatic heterocycles. The number of hydrogen-bond acceptors (Lipinski definition) is 4. The SMILES string of the molecule is CC(=O)N1CCC(C(=O)Nc2ccc(SC(=O)N(C)C)cc2)(c2ccccc2)CC1. The van der Waals surface area contributed by atoms with Crippen molar-refractivity contribution in [1.29, 1.82) is 0 Å². The van der Waals surface area contributed by atoms with Gasteiger partial charge in [-0.1, -0.05) is 30.3 Å². The molecule has 1 saturated heterocycles. The van der Waals surface area contributed by atoms with Crippen molar-refractivity contribution in [1.82, 2.24) is 9.80 Å². The third-order valence-electron chi connectivity index (χ3n) is 5.51. The molecule has 1 heterocycles. The molecular formula is C23H27N3O3S. The first-order chi connectivity index (χ1) is 14.3. The fraction of sp³-hybridized carbons (Fsp3) is 0.348. The standard InChI is InChI=1S/C23H27N3O3S/c1-17(27)26-15-13-23(14-16-26,18-7-5-4-6-8-18)21(28)24-19-9-11-20(12-10-19)30-22(29)25(2)3/h4-12H,13-16H2,1-3H3,(H,24,28). The van der Waals surface area contributed by atoms with E-state index in [2.05, 4.69) is 5.32 Å². The van der Waals surface area contributed by atoms with Crippen LogP contribution in [0.1, 0.15) is 25.3 Å². The van der Waals surface area contributed by atoms with Crippen molar-refractivity contribution in [3.8, 4) is 0 Å². The van der Waals surface area contributed by atoms with E-state index in [0.29, 0.717) is 31.6 Å². The molecule has 1 fully saturated rings. The van der Waals surface area contributed by atoms with Crippen molar-refractivity contribution in [2.75, 3.05) is 32.5 Å². The third-order valence-corrected chi connectivity index (χ3v) is 6.55. The highest BCUT2D eigenvalue weighted by Gasteiger charge is 2.43. The van der Waals surface area contributed by atoms with Gasteiger partial charge in [-0.25, -0.2) is 0 Å². The Morgan fingerprint density at radius 3 is 2.10 bits per heavy atom. The summed E-state index contributed by atoms with van der Waals surface area (Å²) < 4.78 is 0. The van der Waals surface area contributed by atoms with Gasteiger partial charge in [0, 0.05) is 44.7 Å². The Kier molecular flexibility index (Phi) is 6.82. The van der Waals surface area contributed by atoms with Crippen LogP contribution in [0.15, 0.2) is 59.5 Å². The highest BCUT2D eigenvalue weighted by Crippen LogP contribution is 2.37. The molecule has 1 N–H and O–H groups in total. The molecule has 6 nitrogen and oxygen atoms in total. The second-order valence-corrected chi connectivity index (χ2v) is 8.72. The van der Waals surface area contributed by atoms with Gasteiger partial charge in [0.25, 0.3) is 5.24 Å². The van der Waals surface area contributed by atoms with Crippen molar-refractivity contribution in [3.05, 3.63) is 60.2 Å². The first-order valence-corrected chi connectivity index (χ1v) is 10.8. The Morgan fingerprint density at radius 2 is 1.57 bits per heavy atom. The minimum absolute atomic E-state index is 0.0393. The number of carbonyl (C=O) groups is 3. The number of amides is 3. The monoisotopic (exact) mass is 425 g/mol. The number of benzene rings is 2. The van der Waals surface area contributed by atoms with E-state index in [1.807, 2.05) is 54.6 Å². The molecule has 3 amide bonds. The number of thioether (sulfide) groups is 1. The summed E-state index contributed by atoms with van der Waals surface area (Å²) in [6.45, 7) is 2.68. The van der Waals surface area contributed by atoms with E-state index >= 15 is 0 Å². The number of carbonyl (C=O) groups excluding carboxylic acids is 3. The van der Waals surface area contributed by atoms with Crippen LogP contribution in [0.5, 0.6) is 0 Å². The lowest BCUT2D eigenvalue weighted by Gasteiger charge is -2.40. The van der Waals surface area contributed by atoms with Gasteiger partial charge in [-0.05, 0) is 54.4 Å². The Labute approximate surface area is 181 Å². The number of anilines is 1. The van der Waals surface area contributed by atoms with Crippen LogP contribution in [0, 0.1) is 0 Å². The smallest absolute Gasteiger partial charge is 0.285 e. The van der Waals surface area contributed by atoms with Crippen LogP contribution in [0.25, 0.3) is 0 Å². The molecule has 0 aliphatic carbocycles. The van der Waals surface area contributed by atoms with Gasteiger partial charge < -0.3 is 15.1 Å². The third kappa shape index (κ3) is 4.84. The van der Waals surface area contributed by atoms with Crippen LogP contribution in [0.4, 0.5) is 10.5 Å². The molecular weight excluding hydrogens is 398 g/mol. The molecule has 0 spiro atoms. The van der Waals surface area contributed by atoms with Crippen molar-refractivity contribution < 1.29 is 14.4 Å². The van der Waals surface area contributed by atoms with E-state index in [1.54, 1.807) is 25.9 Å². The lowest BCUT2D eigenvalue weighted by atomic mass is 9.72.